The van der Waals surface area contributed by atoms with Crippen molar-refractivity contribution in [3.05, 3.63) is 106 Å². The van der Waals surface area contributed by atoms with Gasteiger partial charge >= 0.3 is 0 Å². The molecule has 5 N–H and O–H groups in total. The van der Waals surface area contributed by atoms with Crippen LogP contribution in [0.3, 0.4) is 0 Å². The van der Waals surface area contributed by atoms with E-state index in [1.54, 1.807) is 18.5 Å². The molecule has 2 aliphatic rings. The van der Waals surface area contributed by atoms with Crippen LogP contribution in [0.15, 0.2) is 78.1 Å². The summed E-state index contributed by atoms with van der Waals surface area (Å²) >= 11 is 0. The van der Waals surface area contributed by atoms with E-state index in [9.17, 15) is 18.8 Å². The number of hydrogen-bond acceptors (Lipinski definition) is 7. The first-order chi connectivity index (χ1) is 22.8. The Morgan fingerprint density at radius 2 is 1.70 bits per heavy atom. The van der Waals surface area contributed by atoms with Crippen molar-refractivity contribution in [3.8, 4) is 33.4 Å². The second kappa shape index (κ2) is 12.2. The lowest BCUT2D eigenvalue weighted by atomic mass is 9.99. The van der Waals surface area contributed by atoms with Crippen molar-refractivity contribution in [2.24, 2.45) is 0 Å². The summed E-state index contributed by atoms with van der Waals surface area (Å²) in [5, 5.41) is 13.2. The lowest BCUT2D eigenvalue weighted by Gasteiger charge is -2.23. The summed E-state index contributed by atoms with van der Waals surface area (Å²) in [5.41, 5.74) is 7.76. The molecule has 2 aliphatic heterocycles. The molecule has 0 saturated carbocycles. The van der Waals surface area contributed by atoms with Gasteiger partial charge in [0.2, 0.25) is 5.43 Å². The number of carbonyl (C=O) groups excluding carboxylic acids is 2. The number of pyridine rings is 2. The standard InChI is InChI=1S/C34H30F2N8O3/c35-22-3-1-19(2-4-22)29-30-34(47)39-11-12-43(30)18-27(31(29)45)33(46)42-23-5-6-25(28(36)14-23)26-13-20(15-40-32(26)37)21-16-41-44(17-21)24-7-9-38-10-8-24/h1-6,13-18,24,38H,7-12H2,(H2,37,40)(H,39,47)(H,42,46). The van der Waals surface area contributed by atoms with E-state index in [1.165, 1.54) is 47.2 Å². The third-order valence-electron chi connectivity index (χ3n) is 8.56. The van der Waals surface area contributed by atoms with Gasteiger partial charge in [-0.25, -0.2) is 13.8 Å². The summed E-state index contributed by atoms with van der Waals surface area (Å²) in [6, 6.07) is 11.3. The Bertz CT molecular complexity index is 2080. The number of halogens is 2. The lowest BCUT2D eigenvalue weighted by Crippen LogP contribution is -2.39. The van der Waals surface area contributed by atoms with E-state index in [2.05, 4.69) is 26.0 Å². The van der Waals surface area contributed by atoms with Crippen molar-refractivity contribution in [3.63, 3.8) is 0 Å². The number of amides is 2. The van der Waals surface area contributed by atoms with Crippen LogP contribution in [0.4, 0.5) is 20.3 Å². The van der Waals surface area contributed by atoms with Gasteiger partial charge in [-0.3, -0.25) is 19.1 Å². The minimum Gasteiger partial charge on any atom is -0.383 e. The van der Waals surface area contributed by atoms with Gasteiger partial charge in [0.15, 0.2) is 0 Å². The first-order valence-corrected chi connectivity index (χ1v) is 15.2. The number of nitrogens with zero attached hydrogens (tertiary/aromatic N) is 4. The van der Waals surface area contributed by atoms with E-state index >= 15 is 4.39 Å². The van der Waals surface area contributed by atoms with Gasteiger partial charge in [0.05, 0.1) is 17.8 Å². The van der Waals surface area contributed by atoms with Crippen LogP contribution in [0.25, 0.3) is 33.4 Å². The van der Waals surface area contributed by atoms with E-state index in [0.29, 0.717) is 24.7 Å². The molecule has 0 unspecified atom stereocenters. The van der Waals surface area contributed by atoms with E-state index in [0.717, 1.165) is 43.1 Å². The highest BCUT2D eigenvalue weighted by atomic mass is 19.1. The number of carbonyl (C=O) groups is 2. The minimum absolute atomic E-state index is 0.0273. The van der Waals surface area contributed by atoms with Crippen LogP contribution < -0.4 is 27.1 Å². The average Bonchev–Trinajstić information content (AvgIpc) is 3.57. The number of rotatable bonds is 6. The van der Waals surface area contributed by atoms with Crippen molar-refractivity contribution in [1.29, 1.82) is 0 Å². The molecule has 0 atom stereocenters. The molecule has 0 radical (unpaired) electrons. The second-order valence-corrected chi connectivity index (χ2v) is 11.5. The monoisotopic (exact) mass is 636 g/mol. The van der Waals surface area contributed by atoms with Crippen LogP contribution in [0.1, 0.15) is 39.7 Å². The van der Waals surface area contributed by atoms with Crippen LogP contribution in [0, 0.1) is 11.6 Å². The number of nitrogen functional groups attached to an aromatic ring is 1. The third-order valence-corrected chi connectivity index (χ3v) is 8.56. The highest BCUT2D eigenvalue weighted by Crippen LogP contribution is 2.33. The maximum absolute atomic E-state index is 15.6. The number of aromatic nitrogens is 4. The van der Waals surface area contributed by atoms with Gasteiger partial charge in [-0.15, -0.1) is 0 Å². The predicted octanol–water partition coefficient (Wildman–Crippen LogP) is 4.22. The maximum atomic E-state index is 15.6. The zero-order chi connectivity index (χ0) is 32.7. The summed E-state index contributed by atoms with van der Waals surface area (Å²) in [4.78, 5) is 44.1. The fourth-order valence-electron chi connectivity index (χ4n) is 6.12. The number of anilines is 2. The van der Waals surface area contributed by atoms with Gasteiger partial charge in [-0.2, -0.15) is 5.10 Å². The Balaban J connectivity index is 1.17. The fraction of sp³-hybridized carbons (Fsp3) is 0.206. The molecular weight excluding hydrogens is 606 g/mol. The highest BCUT2D eigenvalue weighted by molar-refractivity contribution is 6.07. The van der Waals surface area contributed by atoms with E-state index in [1.807, 2.05) is 10.9 Å². The number of hydrogen-bond donors (Lipinski definition) is 4. The molecule has 47 heavy (non-hydrogen) atoms. The molecule has 7 rings (SSSR count). The van der Waals surface area contributed by atoms with Gasteiger partial charge < -0.3 is 26.3 Å². The Labute approximate surface area is 267 Å². The van der Waals surface area contributed by atoms with Gasteiger partial charge in [0, 0.05) is 59.6 Å². The summed E-state index contributed by atoms with van der Waals surface area (Å²) in [5.74, 6) is -2.31. The van der Waals surface area contributed by atoms with Crippen molar-refractivity contribution in [1.82, 2.24) is 30.0 Å². The topological polar surface area (TPSA) is 149 Å². The molecule has 0 spiro atoms. The van der Waals surface area contributed by atoms with Crippen molar-refractivity contribution in [2.45, 2.75) is 25.4 Å². The molecule has 238 valence electrons. The molecule has 13 heteroatoms. The normalized spacial score (nSPS) is 14.8. The highest BCUT2D eigenvalue weighted by Gasteiger charge is 2.27. The zero-order valence-electron chi connectivity index (χ0n) is 25.1. The molecule has 0 bridgehead atoms. The molecule has 2 aromatic carbocycles. The lowest BCUT2D eigenvalue weighted by molar-refractivity contribution is 0.0924. The van der Waals surface area contributed by atoms with Crippen molar-refractivity contribution < 1.29 is 18.4 Å². The van der Waals surface area contributed by atoms with Gasteiger partial charge in [-0.1, -0.05) is 12.1 Å². The first-order valence-electron chi connectivity index (χ1n) is 15.2. The molecule has 11 nitrogen and oxygen atoms in total. The number of nitrogens with one attached hydrogen (secondary N) is 3. The Morgan fingerprint density at radius 1 is 0.915 bits per heavy atom. The predicted molar refractivity (Wildman–Crippen MR) is 173 cm³/mol. The van der Waals surface area contributed by atoms with Gasteiger partial charge in [-0.05, 0) is 67.9 Å². The van der Waals surface area contributed by atoms with E-state index < -0.39 is 28.9 Å². The summed E-state index contributed by atoms with van der Waals surface area (Å²) < 4.78 is 32.7. The first kappa shape index (κ1) is 30.0. The smallest absolute Gasteiger partial charge is 0.268 e. The Kier molecular flexibility index (Phi) is 7.82. The second-order valence-electron chi connectivity index (χ2n) is 11.5. The molecule has 3 aromatic heterocycles. The van der Waals surface area contributed by atoms with Crippen molar-refractivity contribution in [2.75, 3.05) is 30.7 Å². The van der Waals surface area contributed by atoms with Crippen LogP contribution in [-0.2, 0) is 6.54 Å². The van der Waals surface area contributed by atoms with Crippen LogP contribution >= 0.6 is 0 Å². The third kappa shape index (κ3) is 5.76. The number of nitrogens with two attached hydrogens (primary N) is 1. The maximum Gasteiger partial charge on any atom is 0.268 e. The Morgan fingerprint density at radius 3 is 2.47 bits per heavy atom. The Hall–Kier alpha value is -5.69. The summed E-state index contributed by atoms with van der Waals surface area (Å²) in [7, 11) is 0. The fourth-order valence-corrected chi connectivity index (χ4v) is 6.12. The number of piperidine rings is 1. The quantitative estimate of drug-likeness (QED) is 0.218. The van der Waals surface area contributed by atoms with Gasteiger partial charge in [0.1, 0.15) is 28.7 Å². The summed E-state index contributed by atoms with van der Waals surface area (Å²) in [6.07, 6.45) is 8.61. The van der Waals surface area contributed by atoms with E-state index in [4.69, 9.17) is 5.73 Å². The molecule has 1 saturated heterocycles. The minimum atomic E-state index is -0.791. The van der Waals surface area contributed by atoms with E-state index in [-0.39, 0.29) is 39.5 Å². The van der Waals surface area contributed by atoms with Crippen LogP contribution in [0.2, 0.25) is 0 Å². The van der Waals surface area contributed by atoms with Crippen LogP contribution in [0.5, 0.6) is 0 Å². The molecule has 0 aliphatic carbocycles. The number of benzene rings is 2. The molecular formula is C34H30F2N8O3. The molecule has 1 fully saturated rings. The molecule has 5 heterocycles. The SMILES string of the molecule is Nc1ncc(-c2cnn(C3CCNCC3)c2)cc1-c1ccc(NC(=O)c2cn3c(c(-c4ccc(F)cc4)c2=O)C(=O)NCC3)cc1F. The molecule has 5 aromatic rings. The molecule has 2 amide bonds. The zero-order valence-corrected chi connectivity index (χ0v) is 25.1. The largest absolute Gasteiger partial charge is 0.383 e. The number of fused-ring (bicyclic) bond motifs is 1. The van der Waals surface area contributed by atoms with Crippen LogP contribution in [-0.4, -0.2) is 50.8 Å². The van der Waals surface area contributed by atoms with Gasteiger partial charge in [0.25, 0.3) is 11.8 Å². The average molecular weight is 637 g/mol. The van der Waals surface area contributed by atoms with Crippen molar-refractivity contribution >= 4 is 23.3 Å². The summed E-state index contributed by atoms with van der Waals surface area (Å²) in [6.45, 7) is 2.48.